The molecule has 0 saturated heterocycles. The van der Waals surface area contributed by atoms with Crippen molar-refractivity contribution in [3.8, 4) is 34.2 Å². The highest BCUT2D eigenvalue weighted by Gasteiger charge is 2.15. The zero-order valence-corrected chi connectivity index (χ0v) is 18.8. The Hall–Kier alpha value is -4.51. The van der Waals surface area contributed by atoms with E-state index in [1.165, 1.54) is 0 Å². The van der Waals surface area contributed by atoms with Crippen LogP contribution in [0.3, 0.4) is 0 Å². The fourth-order valence-electron chi connectivity index (χ4n) is 4.05. The molecule has 0 unspecified atom stereocenters. The number of para-hydroxylation sites is 1. The van der Waals surface area contributed by atoms with E-state index in [9.17, 15) is 0 Å². The smallest absolute Gasteiger partial charge is 0.155 e. The third-order valence-electron chi connectivity index (χ3n) is 5.97. The van der Waals surface area contributed by atoms with E-state index in [4.69, 9.17) is 14.1 Å². The maximum absolute atomic E-state index is 6.49. The highest BCUT2D eigenvalue weighted by Crippen LogP contribution is 2.37. The number of hydrogen-bond donors (Lipinski definition) is 0. The number of rotatable bonds is 4. The molecule has 0 bridgehead atoms. The minimum Gasteiger partial charge on any atom is -0.456 e. The van der Waals surface area contributed by atoms with Gasteiger partial charge < -0.3 is 9.15 Å². The molecule has 164 valence electrons. The summed E-state index contributed by atoms with van der Waals surface area (Å²) in [5.41, 5.74) is 6.14. The van der Waals surface area contributed by atoms with Crippen LogP contribution in [0.1, 0.15) is 11.3 Å². The number of fused-ring (bicyclic) bond motifs is 2. The molecule has 4 aromatic heterocycles. The Morgan fingerprint density at radius 1 is 0.765 bits per heavy atom. The molecule has 0 N–H and O–H groups in total. The summed E-state index contributed by atoms with van der Waals surface area (Å²) in [6.07, 6.45) is 3.52. The Kier molecular flexibility index (Phi) is 4.81. The monoisotopic (exact) mass is 443 g/mol. The number of pyridine rings is 3. The molecule has 0 saturated carbocycles. The molecule has 2 aromatic carbocycles. The first-order valence-electron chi connectivity index (χ1n) is 11.1. The van der Waals surface area contributed by atoms with Crippen molar-refractivity contribution in [1.82, 2.24) is 15.0 Å². The van der Waals surface area contributed by atoms with Gasteiger partial charge in [-0.1, -0.05) is 24.3 Å². The van der Waals surface area contributed by atoms with E-state index in [0.29, 0.717) is 17.2 Å². The Morgan fingerprint density at radius 3 is 2.50 bits per heavy atom. The number of ether oxygens (including phenoxy) is 1. The average molecular weight is 444 g/mol. The molecule has 5 nitrogen and oxygen atoms in total. The lowest BCUT2D eigenvalue weighted by atomic mass is 10.1. The minimum absolute atomic E-state index is 0.656. The van der Waals surface area contributed by atoms with Crippen LogP contribution in [-0.2, 0) is 0 Å². The normalized spacial score (nSPS) is 11.2. The molecule has 0 atom stereocenters. The fourth-order valence-corrected chi connectivity index (χ4v) is 4.05. The summed E-state index contributed by atoms with van der Waals surface area (Å²) in [5, 5.41) is 1.96. The van der Waals surface area contributed by atoms with Crippen molar-refractivity contribution in [1.29, 1.82) is 0 Å². The zero-order valence-electron chi connectivity index (χ0n) is 18.8. The van der Waals surface area contributed by atoms with Crippen LogP contribution < -0.4 is 4.74 Å². The summed E-state index contributed by atoms with van der Waals surface area (Å²) in [7, 11) is 0. The summed E-state index contributed by atoms with van der Waals surface area (Å²) in [6, 6.07) is 25.8. The number of hydrogen-bond acceptors (Lipinski definition) is 5. The van der Waals surface area contributed by atoms with Crippen molar-refractivity contribution in [2.75, 3.05) is 0 Å². The molecule has 0 amide bonds. The van der Waals surface area contributed by atoms with Crippen molar-refractivity contribution < 1.29 is 9.15 Å². The van der Waals surface area contributed by atoms with Gasteiger partial charge in [0.1, 0.15) is 22.8 Å². The summed E-state index contributed by atoms with van der Waals surface area (Å²) < 4.78 is 12.6. The molecule has 0 aliphatic heterocycles. The molecule has 0 aliphatic carbocycles. The van der Waals surface area contributed by atoms with Crippen LogP contribution >= 0.6 is 0 Å². The SMILES string of the molecule is Cc1cc(Oc2ccnc3ccc(-c4cc5ccccc5o4)cc23)c(-c2ccccn2)nc1C. The summed E-state index contributed by atoms with van der Waals surface area (Å²) in [6.45, 7) is 4.02. The lowest BCUT2D eigenvalue weighted by Crippen LogP contribution is -1.98. The van der Waals surface area contributed by atoms with Gasteiger partial charge in [-0.3, -0.25) is 9.97 Å². The Bertz CT molecular complexity index is 1620. The van der Waals surface area contributed by atoms with Crippen molar-refractivity contribution >= 4 is 21.9 Å². The van der Waals surface area contributed by atoms with E-state index in [2.05, 4.69) is 22.1 Å². The molecule has 6 aromatic rings. The van der Waals surface area contributed by atoms with E-state index in [1.807, 2.05) is 80.6 Å². The predicted octanol–water partition coefficient (Wildman–Crippen LogP) is 7.51. The first-order valence-corrected chi connectivity index (χ1v) is 11.1. The lowest BCUT2D eigenvalue weighted by Gasteiger charge is -2.14. The van der Waals surface area contributed by atoms with Crippen LogP contribution in [0.5, 0.6) is 11.5 Å². The van der Waals surface area contributed by atoms with Gasteiger partial charge in [0.15, 0.2) is 5.75 Å². The van der Waals surface area contributed by atoms with E-state index < -0.39 is 0 Å². The van der Waals surface area contributed by atoms with Crippen molar-refractivity contribution in [3.63, 3.8) is 0 Å². The van der Waals surface area contributed by atoms with Gasteiger partial charge in [-0.15, -0.1) is 0 Å². The highest BCUT2D eigenvalue weighted by molar-refractivity contribution is 5.91. The van der Waals surface area contributed by atoms with Gasteiger partial charge in [-0.05, 0) is 74.0 Å². The molecule has 6 rings (SSSR count). The van der Waals surface area contributed by atoms with E-state index in [0.717, 1.165) is 50.1 Å². The Balaban J connectivity index is 1.47. The summed E-state index contributed by atoms with van der Waals surface area (Å²) >= 11 is 0. The van der Waals surface area contributed by atoms with Gasteiger partial charge in [0.25, 0.3) is 0 Å². The summed E-state index contributed by atoms with van der Waals surface area (Å²) in [5.74, 6) is 2.16. The molecule has 34 heavy (non-hydrogen) atoms. The maximum Gasteiger partial charge on any atom is 0.155 e. The van der Waals surface area contributed by atoms with E-state index >= 15 is 0 Å². The quantitative estimate of drug-likeness (QED) is 0.282. The molecule has 0 aliphatic rings. The van der Waals surface area contributed by atoms with Gasteiger partial charge in [0.05, 0.1) is 11.2 Å². The van der Waals surface area contributed by atoms with Crippen LogP contribution in [0.4, 0.5) is 0 Å². The predicted molar refractivity (Wildman–Crippen MR) is 134 cm³/mol. The fraction of sp³-hybridized carbons (Fsp3) is 0.0690. The van der Waals surface area contributed by atoms with Gasteiger partial charge in [0, 0.05) is 34.4 Å². The number of furan rings is 1. The van der Waals surface area contributed by atoms with Crippen molar-refractivity contribution in [3.05, 3.63) is 103 Å². The van der Waals surface area contributed by atoms with Gasteiger partial charge in [-0.25, -0.2) is 4.98 Å². The number of benzene rings is 2. The molecule has 0 fully saturated rings. The van der Waals surface area contributed by atoms with Gasteiger partial charge >= 0.3 is 0 Å². The number of aromatic nitrogens is 3. The van der Waals surface area contributed by atoms with Crippen LogP contribution in [0.15, 0.2) is 95.7 Å². The number of nitrogens with zero attached hydrogens (tertiary/aromatic N) is 3. The minimum atomic E-state index is 0.656. The number of aryl methyl sites for hydroxylation is 2. The zero-order chi connectivity index (χ0) is 23.1. The second-order valence-electron chi connectivity index (χ2n) is 8.24. The largest absolute Gasteiger partial charge is 0.456 e. The topological polar surface area (TPSA) is 61.0 Å². The molecule has 5 heteroatoms. The Labute approximate surface area is 196 Å². The van der Waals surface area contributed by atoms with Crippen LogP contribution in [0.25, 0.3) is 44.6 Å². The molecule has 0 radical (unpaired) electrons. The van der Waals surface area contributed by atoms with Crippen LogP contribution in [0, 0.1) is 13.8 Å². The first-order chi connectivity index (χ1) is 16.7. The molecular weight excluding hydrogens is 422 g/mol. The van der Waals surface area contributed by atoms with E-state index in [-0.39, 0.29) is 0 Å². The summed E-state index contributed by atoms with van der Waals surface area (Å²) in [4.78, 5) is 13.8. The molecule has 0 spiro atoms. The van der Waals surface area contributed by atoms with Gasteiger partial charge in [0.2, 0.25) is 0 Å². The Morgan fingerprint density at radius 2 is 1.65 bits per heavy atom. The van der Waals surface area contributed by atoms with Gasteiger partial charge in [-0.2, -0.15) is 0 Å². The van der Waals surface area contributed by atoms with Crippen molar-refractivity contribution in [2.45, 2.75) is 13.8 Å². The molecular formula is C29H21N3O2. The average Bonchev–Trinajstić information content (AvgIpc) is 3.31. The van der Waals surface area contributed by atoms with Crippen molar-refractivity contribution in [2.24, 2.45) is 0 Å². The van der Waals surface area contributed by atoms with E-state index in [1.54, 1.807) is 12.4 Å². The third-order valence-corrected chi connectivity index (χ3v) is 5.97. The van der Waals surface area contributed by atoms with Crippen LogP contribution in [0.2, 0.25) is 0 Å². The highest BCUT2D eigenvalue weighted by atomic mass is 16.5. The standard InChI is InChI=1S/C29H21N3O2/c1-18-15-28(29(32-19(18)2)24-8-5-6-13-30-24)34-26-12-14-31-23-11-10-21(16-22(23)26)27-17-20-7-3-4-9-25(20)33-27/h3-17H,1-2H3. The third kappa shape index (κ3) is 3.57. The second kappa shape index (κ2) is 8.12. The maximum atomic E-state index is 6.49. The molecule has 4 heterocycles. The first kappa shape index (κ1) is 20.1. The van der Waals surface area contributed by atoms with Crippen LogP contribution in [-0.4, -0.2) is 15.0 Å². The lowest BCUT2D eigenvalue weighted by molar-refractivity contribution is 0.486. The second-order valence-corrected chi connectivity index (χ2v) is 8.24.